The van der Waals surface area contributed by atoms with E-state index >= 15 is 0 Å². The summed E-state index contributed by atoms with van der Waals surface area (Å²) in [6.45, 7) is 0.279. The summed E-state index contributed by atoms with van der Waals surface area (Å²) in [6, 6.07) is 7.55. The molecule has 0 spiro atoms. The van der Waals surface area contributed by atoms with E-state index in [-0.39, 0.29) is 23.7 Å². The van der Waals surface area contributed by atoms with Gasteiger partial charge in [0, 0.05) is 7.05 Å². The first-order valence-electron chi connectivity index (χ1n) is 6.10. The minimum Gasteiger partial charge on any atom is -0.411 e. The normalized spacial score (nSPS) is 10.8. The molecule has 1 aromatic carbocycles. The Hall–Kier alpha value is -2.47. The fourth-order valence-electron chi connectivity index (χ4n) is 2.26. The molecule has 4 nitrogen and oxygen atoms in total. The molecular formula is C15H10FNO3S. The first-order valence-corrected chi connectivity index (χ1v) is 6.98. The third-order valence-corrected chi connectivity index (χ3v) is 4.17. The number of thiophene rings is 1. The topological polar surface area (TPSA) is 48.3 Å². The highest BCUT2D eigenvalue weighted by Crippen LogP contribution is 2.37. The van der Waals surface area contributed by atoms with Crippen LogP contribution in [-0.2, 0) is 11.8 Å². The Balaban J connectivity index is 2.43. The van der Waals surface area contributed by atoms with Crippen LogP contribution in [0.25, 0.3) is 21.2 Å². The highest BCUT2D eigenvalue weighted by Gasteiger charge is 2.18. The van der Waals surface area contributed by atoms with Gasteiger partial charge in [-0.25, -0.2) is 4.39 Å². The van der Waals surface area contributed by atoms with E-state index in [4.69, 9.17) is 4.74 Å². The van der Waals surface area contributed by atoms with Crippen LogP contribution < -0.4 is 10.3 Å². The lowest BCUT2D eigenvalue weighted by molar-refractivity contribution is -0.121. The van der Waals surface area contributed by atoms with Crippen molar-refractivity contribution in [3.8, 4) is 17.0 Å². The van der Waals surface area contributed by atoms with Crippen LogP contribution in [0.4, 0.5) is 4.39 Å². The molecule has 0 bridgehead atoms. The van der Waals surface area contributed by atoms with Gasteiger partial charge < -0.3 is 4.74 Å². The lowest BCUT2D eigenvalue weighted by Gasteiger charge is -2.13. The fraction of sp³-hybridized carbons (Fsp3) is 0.0667. The summed E-state index contributed by atoms with van der Waals surface area (Å²) in [7, 11) is 1.53. The quantitative estimate of drug-likeness (QED) is 0.699. The summed E-state index contributed by atoms with van der Waals surface area (Å²) in [5, 5.41) is 2.34. The minimum absolute atomic E-state index is 0.150. The van der Waals surface area contributed by atoms with Gasteiger partial charge in [0.05, 0.1) is 15.6 Å². The Morgan fingerprint density at radius 2 is 1.95 bits per heavy atom. The molecule has 2 aromatic heterocycles. The van der Waals surface area contributed by atoms with Gasteiger partial charge in [-0.3, -0.25) is 14.2 Å². The first-order chi connectivity index (χ1) is 10.1. The molecule has 0 atom stereocenters. The number of fused-ring (bicyclic) bond motifs is 1. The second kappa shape index (κ2) is 5.14. The van der Waals surface area contributed by atoms with Crippen LogP contribution in [0.1, 0.15) is 0 Å². The number of hydrogen-bond acceptors (Lipinski definition) is 4. The molecule has 0 fully saturated rings. The number of hydrogen-bond donors (Lipinski definition) is 0. The molecule has 106 valence electrons. The van der Waals surface area contributed by atoms with E-state index in [2.05, 4.69) is 0 Å². The molecule has 0 aliphatic carbocycles. The van der Waals surface area contributed by atoms with Crippen LogP contribution >= 0.6 is 11.3 Å². The van der Waals surface area contributed by atoms with E-state index < -0.39 is 0 Å². The predicted octanol–water partition coefficient (Wildman–Crippen LogP) is 2.94. The third kappa shape index (κ3) is 2.13. The standard InChI is InChI=1S/C15H10FNO3S/c1-17-14(19)11-6-7-21-13(11)12(15(17)20-8-18)9-2-4-10(16)5-3-9/h2-8H,1H3. The Morgan fingerprint density at radius 3 is 2.62 bits per heavy atom. The molecule has 21 heavy (non-hydrogen) atoms. The summed E-state index contributed by atoms with van der Waals surface area (Å²) in [6.07, 6.45) is 0. The van der Waals surface area contributed by atoms with Gasteiger partial charge >= 0.3 is 0 Å². The zero-order valence-corrected chi connectivity index (χ0v) is 11.8. The van der Waals surface area contributed by atoms with Gasteiger partial charge in [-0.2, -0.15) is 0 Å². The van der Waals surface area contributed by atoms with Crippen LogP contribution in [-0.4, -0.2) is 11.0 Å². The molecule has 0 amide bonds. The average molecular weight is 303 g/mol. The van der Waals surface area contributed by atoms with Crippen LogP contribution in [0.5, 0.6) is 5.88 Å². The number of nitrogens with zero attached hydrogens (tertiary/aromatic N) is 1. The molecule has 3 rings (SSSR count). The fourth-order valence-corrected chi connectivity index (χ4v) is 3.21. The molecule has 6 heteroatoms. The molecule has 0 saturated carbocycles. The van der Waals surface area contributed by atoms with Crippen LogP contribution in [0, 0.1) is 5.82 Å². The lowest BCUT2D eigenvalue weighted by atomic mass is 10.1. The molecule has 0 aliphatic rings. The van der Waals surface area contributed by atoms with E-state index in [1.165, 1.54) is 35.1 Å². The van der Waals surface area contributed by atoms with Crippen molar-refractivity contribution in [1.29, 1.82) is 0 Å². The number of carbonyl (C=O) groups excluding carboxylic acids is 1. The zero-order chi connectivity index (χ0) is 15.0. The largest absolute Gasteiger partial charge is 0.411 e. The highest BCUT2D eigenvalue weighted by atomic mass is 32.1. The van der Waals surface area contributed by atoms with Crippen LogP contribution in [0.15, 0.2) is 40.5 Å². The van der Waals surface area contributed by atoms with Gasteiger partial charge in [0.2, 0.25) is 5.88 Å². The van der Waals surface area contributed by atoms with Gasteiger partial charge in [-0.1, -0.05) is 12.1 Å². The number of benzene rings is 1. The molecule has 0 aliphatic heterocycles. The van der Waals surface area contributed by atoms with E-state index in [1.807, 2.05) is 0 Å². The van der Waals surface area contributed by atoms with Crippen molar-refractivity contribution >= 4 is 27.9 Å². The summed E-state index contributed by atoms with van der Waals surface area (Å²) >= 11 is 1.37. The maximum Gasteiger partial charge on any atom is 0.299 e. The van der Waals surface area contributed by atoms with Crippen molar-refractivity contribution in [2.24, 2.45) is 7.05 Å². The maximum atomic E-state index is 13.1. The van der Waals surface area contributed by atoms with E-state index in [9.17, 15) is 14.0 Å². The molecule has 2 heterocycles. The van der Waals surface area contributed by atoms with E-state index in [0.29, 0.717) is 21.2 Å². The van der Waals surface area contributed by atoms with Gasteiger partial charge in [-0.05, 0) is 29.1 Å². The summed E-state index contributed by atoms with van der Waals surface area (Å²) in [4.78, 5) is 23.0. The Morgan fingerprint density at radius 1 is 1.24 bits per heavy atom. The summed E-state index contributed by atoms with van der Waals surface area (Å²) in [5.41, 5.74) is 1.04. The van der Waals surface area contributed by atoms with Gasteiger partial charge in [-0.15, -0.1) is 11.3 Å². The summed E-state index contributed by atoms with van der Waals surface area (Å²) in [5.74, 6) is -0.208. The maximum absolute atomic E-state index is 13.1. The van der Waals surface area contributed by atoms with Gasteiger partial charge in [0.1, 0.15) is 5.82 Å². The smallest absolute Gasteiger partial charge is 0.299 e. The molecule has 3 aromatic rings. The van der Waals surface area contributed by atoms with Crippen LogP contribution in [0.3, 0.4) is 0 Å². The van der Waals surface area contributed by atoms with Crippen molar-refractivity contribution in [3.05, 3.63) is 51.9 Å². The molecule has 0 N–H and O–H groups in total. The van der Waals surface area contributed by atoms with Crippen molar-refractivity contribution in [3.63, 3.8) is 0 Å². The Kier molecular flexibility index (Phi) is 3.31. The molecule has 0 saturated heterocycles. The number of ether oxygens (including phenoxy) is 1. The third-order valence-electron chi connectivity index (χ3n) is 3.24. The first kappa shape index (κ1) is 13.5. The number of pyridine rings is 1. The predicted molar refractivity (Wildman–Crippen MR) is 79.2 cm³/mol. The van der Waals surface area contributed by atoms with Crippen molar-refractivity contribution in [1.82, 2.24) is 4.57 Å². The second-order valence-electron chi connectivity index (χ2n) is 4.43. The van der Waals surface area contributed by atoms with Gasteiger partial charge in [0.15, 0.2) is 0 Å². The molecule has 0 unspecified atom stereocenters. The van der Waals surface area contributed by atoms with Crippen molar-refractivity contribution in [2.45, 2.75) is 0 Å². The number of rotatable bonds is 3. The Labute approximate surface area is 123 Å². The van der Waals surface area contributed by atoms with Gasteiger partial charge in [0.25, 0.3) is 12.0 Å². The average Bonchev–Trinajstić information content (AvgIpc) is 2.96. The van der Waals surface area contributed by atoms with E-state index in [1.54, 1.807) is 23.6 Å². The monoisotopic (exact) mass is 303 g/mol. The van der Waals surface area contributed by atoms with Crippen molar-refractivity contribution in [2.75, 3.05) is 0 Å². The minimum atomic E-state index is -0.358. The molecule has 0 radical (unpaired) electrons. The number of carbonyl (C=O) groups is 1. The lowest BCUT2D eigenvalue weighted by Crippen LogP contribution is -2.19. The Bertz CT molecular complexity index is 880. The second-order valence-corrected chi connectivity index (χ2v) is 5.34. The number of halogens is 1. The SMILES string of the molecule is Cn1c(OC=O)c(-c2ccc(F)cc2)c2sccc2c1=O. The number of aromatic nitrogens is 1. The van der Waals surface area contributed by atoms with E-state index in [0.717, 1.165) is 0 Å². The molecular weight excluding hydrogens is 293 g/mol. The summed E-state index contributed by atoms with van der Waals surface area (Å²) < 4.78 is 20.1. The van der Waals surface area contributed by atoms with Crippen LogP contribution in [0.2, 0.25) is 0 Å². The zero-order valence-electron chi connectivity index (χ0n) is 11.0. The highest BCUT2D eigenvalue weighted by molar-refractivity contribution is 7.17. The van der Waals surface area contributed by atoms with Crippen molar-refractivity contribution < 1.29 is 13.9 Å².